The maximum atomic E-state index is 4.24. The second kappa shape index (κ2) is 6.36. The molecule has 1 N–H and O–H groups in total. The van der Waals surface area contributed by atoms with Crippen molar-refractivity contribution in [3.05, 3.63) is 53.9 Å². The zero-order valence-corrected chi connectivity index (χ0v) is 11.1. The van der Waals surface area contributed by atoms with Crippen LogP contribution in [0, 0.1) is 0 Å². The molecule has 0 aliphatic rings. The van der Waals surface area contributed by atoms with Crippen LogP contribution < -0.4 is 5.32 Å². The molecule has 1 unspecified atom stereocenters. The van der Waals surface area contributed by atoms with Crippen LogP contribution in [0.15, 0.2) is 42.6 Å². The average molecular weight is 243 g/mol. The lowest BCUT2D eigenvalue weighted by Crippen LogP contribution is -2.23. The molecule has 3 nitrogen and oxygen atoms in total. The molecule has 1 aromatic heterocycles. The Morgan fingerprint density at radius 1 is 1.22 bits per heavy atom. The van der Waals surface area contributed by atoms with Crippen molar-refractivity contribution in [3.63, 3.8) is 0 Å². The van der Waals surface area contributed by atoms with Gasteiger partial charge in [0, 0.05) is 31.4 Å². The van der Waals surface area contributed by atoms with Crippen molar-refractivity contribution in [1.82, 2.24) is 15.1 Å². The second-order valence-corrected chi connectivity index (χ2v) is 4.57. The molecule has 3 heteroatoms. The molecule has 0 aliphatic heterocycles. The summed E-state index contributed by atoms with van der Waals surface area (Å²) >= 11 is 0. The summed E-state index contributed by atoms with van der Waals surface area (Å²) in [7, 11) is 2.00. The van der Waals surface area contributed by atoms with E-state index in [1.165, 1.54) is 11.3 Å². The van der Waals surface area contributed by atoms with E-state index in [9.17, 15) is 0 Å². The first-order valence-electron chi connectivity index (χ1n) is 6.53. The van der Waals surface area contributed by atoms with Crippen molar-refractivity contribution in [1.29, 1.82) is 0 Å². The Morgan fingerprint density at radius 3 is 2.61 bits per heavy atom. The van der Waals surface area contributed by atoms with Gasteiger partial charge >= 0.3 is 0 Å². The third kappa shape index (κ3) is 3.20. The SMILES string of the molecule is CCNCC(Cc1ccnn1C)c1ccccc1. The third-order valence-corrected chi connectivity index (χ3v) is 3.29. The van der Waals surface area contributed by atoms with Gasteiger partial charge in [-0.25, -0.2) is 0 Å². The van der Waals surface area contributed by atoms with E-state index in [0.717, 1.165) is 19.5 Å². The molecule has 18 heavy (non-hydrogen) atoms. The minimum atomic E-state index is 0.501. The van der Waals surface area contributed by atoms with E-state index in [-0.39, 0.29) is 0 Å². The van der Waals surface area contributed by atoms with Crippen LogP contribution in [0.25, 0.3) is 0 Å². The van der Waals surface area contributed by atoms with Crippen molar-refractivity contribution in [2.75, 3.05) is 13.1 Å². The van der Waals surface area contributed by atoms with Crippen LogP contribution in [0.5, 0.6) is 0 Å². The van der Waals surface area contributed by atoms with E-state index in [1.807, 2.05) is 17.9 Å². The number of nitrogens with one attached hydrogen (secondary N) is 1. The molecule has 2 aromatic rings. The summed E-state index contributed by atoms with van der Waals surface area (Å²) in [5, 5.41) is 7.69. The van der Waals surface area contributed by atoms with Gasteiger partial charge in [-0.05, 0) is 24.6 Å². The lowest BCUT2D eigenvalue weighted by molar-refractivity contribution is 0.571. The Labute approximate surface area is 109 Å². The van der Waals surface area contributed by atoms with Crippen molar-refractivity contribution in [2.45, 2.75) is 19.3 Å². The van der Waals surface area contributed by atoms with Crippen LogP contribution >= 0.6 is 0 Å². The van der Waals surface area contributed by atoms with Gasteiger partial charge < -0.3 is 5.32 Å². The molecule has 96 valence electrons. The first-order chi connectivity index (χ1) is 8.81. The largest absolute Gasteiger partial charge is 0.316 e. The monoisotopic (exact) mass is 243 g/mol. The minimum Gasteiger partial charge on any atom is -0.316 e. The Hall–Kier alpha value is -1.61. The van der Waals surface area contributed by atoms with E-state index < -0.39 is 0 Å². The van der Waals surface area contributed by atoms with Gasteiger partial charge in [0.25, 0.3) is 0 Å². The highest BCUT2D eigenvalue weighted by Crippen LogP contribution is 2.19. The molecule has 1 heterocycles. The number of aromatic nitrogens is 2. The van der Waals surface area contributed by atoms with Crippen LogP contribution in [0.2, 0.25) is 0 Å². The van der Waals surface area contributed by atoms with Crippen LogP contribution in [0.3, 0.4) is 0 Å². The molecule has 2 rings (SSSR count). The van der Waals surface area contributed by atoms with E-state index in [2.05, 4.69) is 53.7 Å². The highest BCUT2D eigenvalue weighted by atomic mass is 15.2. The van der Waals surface area contributed by atoms with Gasteiger partial charge in [0.2, 0.25) is 0 Å². The number of rotatable bonds is 6. The van der Waals surface area contributed by atoms with Gasteiger partial charge in [-0.1, -0.05) is 37.3 Å². The van der Waals surface area contributed by atoms with E-state index in [1.54, 1.807) is 0 Å². The minimum absolute atomic E-state index is 0.501. The van der Waals surface area contributed by atoms with E-state index >= 15 is 0 Å². The van der Waals surface area contributed by atoms with Gasteiger partial charge in [-0.3, -0.25) is 4.68 Å². The fourth-order valence-electron chi connectivity index (χ4n) is 2.21. The van der Waals surface area contributed by atoms with Gasteiger partial charge in [-0.15, -0.1) is 0 Å². The van der Waals surface area contributed by atoms with Crippen LogP contribution in [0.4, 0.5) is 0 Å². The van der Waals surface area contributed by atoms with Crippen molar-refractivity contribution < 1.29 is 0 Å². The molecule has 0 spiro atoms. The molecule has 0 aliphatic carbocycles. The first kappa shape index (κ1) is 12.8. The predicted octanol–water partition coefficient (Wildman–Crippen LogP) is 2.36. The standard InChI is InChI=1S/C15H21N3/c1-3-16-12-14(13-7-5-4-6-8-13)11-15-9-10-17-18(15)2/h4-10,14,16H,3,11-12H2,1-2H3. The van der Waals surface area contributed by atoms with Gasteiger partial charge in [0.1, 0.15) is 0 Å². The Morgan fingerprint density at radius 2 is 2.00 bits per heavy atom. The number of hydrogen-bond acceptors (Lipinski definition) is 2. The normalized spacial score (nSPS) is 12.6. The Balaban J connectivity index is 2.13. The smallest absolute Gasteiger partial charge is 0.0492 e. The molecule has 0 fully saturated rings. The Kier molecular flexibility index (Phi) is 4.53. The lowest BCUT2D eigenvalue weighted by atomic mass is 9.94. The molecule has 0 bridgehead atoms. The molecular weight excluding hydrogens is 222 g/mol. The summed E-state index contributed by atoms with van der Waals surface area (Å²) in [6, 6.07) is 12.8. The quantitative estimate of drug-likeness (QED) is 0.844. The topological polar surface area (TPSA) is 29.9 Å². The number of hydrogen-bond donors (Lipinski definition) is 1. The molecule has 1 atom stereocenters. The van der Waals surface area contributed by atoms with E-state index in [4.69, 9.17) is 0 Å². The molecule has 0 radical (unpaired) electrons. The fourth-order valence-corrected chi connectivity index (χ4v) is 2.21. The third-order valence-electron chi connectivity index (χ3n) is 3.29. The predicted molar refractivity (Wildman–Crippen MR) is 74.6 cm³/mol. The molecule has 1 aromatic carbocycles. The van der Waals surface area contributed by atoms with Gasteiger partial charge in [-0.2, -0.15) is 5.10 Å². The number of aryl methyl sites for hydroxylation is 1. The summed E-state index contributed by atoms with van der Waals surface area (Å²) in [5.41, 5.74) is 2.67. The summed E-state index contributed by atoms with van der Waals surface area (Å²) in [6.45, 7) is 4.16. The molecule has 0 saturated heterocycles. The van der Waals surface area contributed by atoms with Crippen molar-refractivity contribution >= 4 is 0 Å². The van der Waals surface area contributed by atoms with E-state index in [0.29, 0.717) is 5.92 Å². The van der Waals surface area contributed by atoms with Gasteiger partial charge in [0.05, 0.1) is 0 Å². The molecular formula is C15H21N3. The summed E-state index contributed by atoms with van der Waals surface area (Å²) in [5.74, 6) is 0.501. The number of benzene rings is 1. The Bertz CT molecular complexity index is 462. The lowest BCUT2D eigenvalue weighted by Gasteiger charge is -2.18. The average Bonchev–Trinajstić information content (AvgIpc) is 2.81. The van der Waals surface area contributed by atoms with Crippen molar-refractivity contribution in [2.24, 2.45) is 7.05 Å². The summed E-state index contributed by atoms with van der Waals surface area (Å²) in [6.07, 6.45) is 2.89. The highest BCUT2D eigenvalue weighted by molar-refractivity contribution is 5.22. The van der Waals surface area contributed by atoms with Gasteiger partial charge in [0.15, 0.2) is 0 Å². The van der Waals surface area contributed by atoms with Crippen LogP contribution in [-0.2, 0) is 13.5 Å². The fraction of sp³-hybridized carbons (Fsp3) is 0.400. The summed E-state index contributed by atoms with van der Waals surface area (Å²) < 4.78 is 1.96. The summed E-state index contributed by atoms with van der Waals surface area (Å²) in [4.78, 5) is 0. The molecule has 0 amide bonds. The zero-order valence-electron chi connectivity index (χ0n) is 11.1. The maximum absolute atomic E-state index is 4.24. The zero-order chi connectivity index (χ0) is 12.8. The second-order valence-electron chi connectivity index (χ2n) is 4.57. The van der Waals surface area contributed by atoms with Crippen LogP contribution in [-0.4, -0.2) is 22.9 Å². The maximum Gasteiger partial charge on any atom is 0.0492 e. The van der Waals surface area contributed by atoms with Crippen LogP contribution in [0.1, 0.15) is 24.1 Å². The highest BCUT2D eigenvalue weighted by Gasteiger charge is 2.13. The molecule has 0 saturated carbocycles. The number of likely N-dealkylation sites (N-methyl/N-ethyl adjacent to an activating group) is 1. The number of nitrogens with zero attached hydrogens (tertiary/aromatic N) is 2. The van der Waals surface area contributed by atoms with Crippen molar-refractivity contribution in [3.8, 4) is 0 Å². The first-order valence-corrected chi connectivity index (χ1v) is 6.53.